The molecule has 8 heteroatoms. The summed E-state index contributed by atoms with van der Waals surface area (Å²) in [5.74, 6) is 0.579. The molecule has 0 saturated heterocycles. The van der Waals surface area contributed by atoms with Crippen molar-refractivity contribution in [1.29, 1.82) is 0 Å². The summed E-state index contributed by atoms with van der Waals surface area (Å²) in [5.41, 5.74) is 0.174. The first-order valence-corrected chi connectivity index (χ1v) is 7.41. The number of halogens is 3. The molecule has 5 nitrogen and oxygen atoms in total. The number of pyridine rings is 1. The number of anilines is 3. The Morgan fingerprint density at radius 1 is 0.920 bits per heavy atom. The number of nitrogens with zero attached hydrogens (tertiary/aromatic N) is 3. The molecule has 1 aromatic carbocycles. The summed E-state index contributed by atoms with van der Waals surface area (Å²) in [6.45, 7) is 0.477. The molecule has 0 spiro atoms. The van der Waals surface area contributed by atoms with Crippen LogP contribution in [0.2, 0.25) is 0 Å². The van der Waals surface area contributed by atoms with Crippen molar-refractivity contribution in [3.05, 3.63) is 72.2 Å². The van der Waals surface area contributed by atoms with E-state index < -0.39 is 11.7 Å². The highest BCUT2D eigenvalue weighted by Gasteiger charge is 2.33. The van der Waals surface area contributed by atoms with E-state index in [4.69, 9.17) is 0 Å². The van der Waals surface area contributed by atoms with Gasteiger partial charge in [0.25, 0.3) is 0 Å². The zero-order valence-electron chi connectivity index (χ0n) is 13.0. The van der Waals surface area contributed by atoms with E-state index >= 15 is 0 Å². The van der Waals surface area contributed by atoms with E-state index in [-0.39, 0.29) is 11.5 Å². The quantitative estimate of drug-likeness (QED) is 0.724. The fraction of sp³-hybridized carbons (Fsp3) is 0.118. The molecule has 0 amide bonds. The van der Waals surface area contributed by atoms with Crippen LogP contribution in [0, 0.1) is 0 Å². The van der Waals surface area contributed by atoms with Crippen LogP contribution in [-0.4, -0.2) is 15.0 Å². The van der Waals surface area contributed by atoms with Gasteiger partial charge in [0.1, 0.15) is 5.82 Å². The number of aromatic nitrogens is 3. The zero-order valence-corrected chi connectivity index (χ0v) is 13.0. The minimum atomic E-state index is -4.45. The van der Waals surface area contributed by atoms with Crippen LogP contribution in [0.5, 0.6) is 0 Å². The number of hydrogen-bond donors (Lipinski definition) is 2. The Labute approximate surface area is 142 Å². The molecular formula is C17H14F3N5. The Kier molecular flexibility index (Phi) is 4.78. The molecule has 0 radical (unpaired) electrons. The SMILES string of the molecule is FC(F)(F)c1ccccc1Nc1ccnc(NCc2ccncc2)n1. The molecule has 128 valence electrons. The molecule has 0 aliphatic rings. The van der Waals surface area contributed by atoms with Gasteiger partial charge in [0.15, 0.2) is 0 Å². The predicted molar refractivity (Wildman–Crippen MR) is 88.3 cm³/mol. The fourth-order valence-electron chi connectivity index (χ4n) is 2.17. The normalized spacial score (nSPS) is 11.2. The summed E-state index contributed by atoms with van der Waals surface area (Å²) in [4.78, 5) is 12.2. The van der Waals surface area contributed by atoms with Crippen molar-refractivity contribution >= 4 is 17.5 Å². The van der Waals surface area contributed by atoms with Crippen LogP contribution in [0.25, 0.3) is 0 Å². The lowest BCUT2D eigenvalue weighted by molar-refractivity contribution is -0.136. The van der Waals surface area contributed by atoms with Crippen LogP contribution >= 0.6 is 0 Å². The van der Waals surface area contributed by atoms with Gasteiger partial charge in [-0.1, -0.05) is 12.1 Å². The van der Waals surface area contributed by atoms with Crippen molar-refractivity contribution in [2.24, 2.45) is 0 Å². The summed E-state index contributed by atoms with van der Waals surface area (Å²) in [7, 11) is 0. The van der Waals surface area contributed by atoms with E-state index in [0.29, 0.717) is 12.5 Å². The topological polar surface area (TPSA) is 62.7 Å². The molecule has 3 aromatic rings. The highest BCUT2D eigenvalue weighted by molar-refractivity contribution is 5.61. The lowest BCUT2D eigenvalue weighted by Gasteiger charge is -2.14. The maximum atomic E-state index is 13.0. The third-order valence-electron chi connectivity index (χ3n) is 3.35. The number of para-hydroxylation sites is 1. The molecular weight excluding hydrogens is 331 g/mol. The van der Waals surface area contributed by atoms with Crippen molar-refractivity contribution < 1.29 is 13.2 Å². The highest BCUT2D eigenvalue weighted by atomic mass is 19.4. The number of hydrogen-bond acceptors (Lipinski definition) is 5. The monoisotopic (exact) mass is 345 g/mol. The number of benzene rings is 1. The number of rotatable bonds is 5. The molecule has 0 atom stereocenters. The number of alkyl halides is 3. The highest BCUT2D eigenvalue weighted by Crippen LogP contribution is 2.35. The van der Waals surface area contributed by atoms with Crippen LogP contribution in [0.3, 0.4) is 0 Å². The van der Waals surface area contributed by atoms with Crippen LogP contribution in [0.15, 0.2) is 61.1 Å². The molecule has 3 rings (SSSR count). The first-order chi connectivity index (χ1) is 12.0. The largest absolute Gasteiger partial charge is 0.418 e. The van der Waals surface area contributed by atoms with Crippen LogP contribution in [0.4, 0.5) is 30.6 Å². The molecule has 2 aromatic heterocycles. The molecule has 0 aliphatic heterocycles. The van der Waals surface area contributed by atoms with Gasteiger partial charge in [-0.05, 0) is 35.9 Å². The van der Waals surface area contributed by atoms with E-state index in [1.807, 2.05) is 12.1 Å². The second-order valence-electron chi connectivity index (χ2n) is 5.14. The van der Waals surface area contributed by atoms with Crippen LogP contribution in [-0.2, 0) is 12.7 Å². The van der Waals surface area contributed by atoms with Gasteiger partial charge in [-0.2, -0.15) is 18.2 Å². The van der Waals surface area contributed by atoms with Gasteiger partial charge in [-0.3, -0.25) is 4.98 Å². The second-order valence-corrected chi connectivity index (χ2v) is 5.14. The molecule has 0 bridgehead atoms. The Morgan fingerprint density at radius 3 is 2.44 bits per heavy atom. The summed E-state index contributed by atoms with van der Waals surface area (Å²) in [5, 5.41) is 5.72. The molecule has 0 unspecified atom stereocenters. The van der Waals surface area contributed by atoms with E-state index in [1.54, 1.807) is 12.4 Å². The van der Waals surface area contributed by atoms with Crippen molar-refractivity contribution in [3.8, 4) is 0 Å². The molecule has 2 heterocycles. The van der Waals surface area contributed by atoms with Crippen molar-refractivity contribution in [2.75, 3.05) is 10.6 Å². The number of nitrogens with one attached hydrogen (secondary N) is 2. The van der Waals surface area contributed by atoms with E-state index in [1.165, 1.54) is 30.5 Å². The Morgan fingerprint density at radius 2 is 1.68 bits per heavy atom. The van der Waals surface area contributed by atoms with Gasteiger partial charge >= 0.3 is 6.18 Å². The predicted octanol–water partition coefficient (Wildman–Crippen LogP) is 4.25. The average molecular weight is 345 g/mol. The second kappa shape index (κ2) is 7.16. The lowest BCUT2D eigenvalue weighted by Crippen LogP contribution is -2.10. The smallest absolute Gasteiger partial charge is 0.350 e. The van der Waals surface area contributed by atoms with E-state index in [0.717, 1.165) is 11.6 Å². The summed E-state index contributed by atoms with van der Waals surface area (Å²) >= 11 is 0. The minimum Gasteiger partial charge on any atom is -0.350 e. The van der Waals surface area contributed by atoms with Crippen molar-refractivity contribution in [1.82, 2.24) is 15.0 Å². The summed E-state index contributed by atoms with van der Waals surface area (Å²) < 4.78 is 39.1. The first-order valence-electron chi connectivity index (χ1n) is 7.41. The van der Waals surface area contributed by atoms with Gasteiger partial charge in [0.05, 0.1) is 11.3 Å². The summed E-state index contributed by atoms with van der Waals surface area (Å²) in [6, 6.07) is 10.4. The van der Waals surface area contributed by atoms with Gasteiger partial charge < -0.3 is 10.6 Å². The van der Waals surface area contributed by atoms with Crippen molar-refractivity contribution in [2.45, 2.75) is 12.7 Å². The molecule has 0 fully saturated rings. The van der Waals surface area contributed by atoms with Crippen LogP contribution < -0.4 is 10.6 Å². The maximum Gasteiger partial charge on any atom is 0.418 e. The Balaban J connectivity index is 1.74. The summed E-state index contributed by atoms with van der Waals surface area (Å²) in [6.07, 6.45) is 0.368. The standard InChI is InChI=1S/C17H14F3N5/c18-17(19,20)13-3-1-2-4-14(13)24-15-7-10-22-16(25-15)23-11-12-5-8-21-9-6-12/h1-10H,11H2,(H2,22,23,24,25). The van der Waals surface area contributed by atoms with Gasteiger partial charge in [0, 0.05) is 25.1 Å². The van der Waals surface area contributed by atoms with Gasteiger partial charge in [0.2, 0.25) is 5.95 Å². The first kappa shape index (κ1) is 16.7. The van der Waals surface area contributed by atoms with Crippen LogP contribution in [0.1, 0.15) is 11.1 Å². The molecule has 0 saturated carbocycles. The Bertz CT molecular complexity index is 837. The Hall–Kier alpha value is -3.16. The average Bonchev–Trinajstić information content (AvgIpc) is 2.61. The maximum absolute atomic E-state index is 13.0. The molecule has 0 aliphatic carbocycles. The van der Waals surface area contributed by atoms with Crippen molar-refractivity contribution in [3.63, 3.8) is 0 Å². The van der Waals surface area contributed by atoms with Gasteiger partial charge in [-0.15, -0.1) is 0 Å². The minimum absolute atomic E-state index is 0.0613. The zero-order chi connectivity index (χ0) is 17.7. The molecule has 2 N–H and O–H groups in total. The van der Waals surface area contributed by atoms with Gasteiger partial charge in [-0.25, -0.2) is 4.98 Å². The van der Waals surface area contributed by atoms with E-state index in [9.17, 15) is 13.2 Å². The molecule has 25 heavy (non-hydrogen) atoms. The lowest BCUT2D eigenvalue weighted by atomic mass is 10.1. The third-order valence-corrected chi connectivity index (χ3v) is 3.35. The third kappa shape index (κ3) is 4.43. The van der Waals surface area contributed by atoms with E-state index in [2.05, 4.69) is 25.6 Å². The fourth-order valence-corrected chi connectivity index (χ4v) is 2.17.